The average Bonchev–Trinajstić information content (AvgIpc) is 3.79. The Morgan fingerprint density at radius 2 is 1.69 bits per heavy atom. The van der Waals surface area contributed by atoms with E-state index in [9.17, 15) is 27.6 Å². The van der Waals surface area contributed by atoms with E-state index in [-0.39, 0.29) is 42.8 Å². The lowest BCUT2D eigenvalue weighted by Crippen LogP contribution is -2.37. The Morgan fingerprint density at radius 1 is 1.00 bits per heavy atom. The lowest BCUT2D eigenvalue weighted by Gasteiger charge is -2.33. The topological polar surface area (TPSA) is 117 Å². The van der Waals surface area contributed by atoms with Crippen molar-refractivity contribution in [3.8, 4) is 5.75 Å². The fourth-order valence-electron chi connectivity index (χ4n) is 5.40. The van der Waals surface area contributed by atoms with Crippen molar-refractivity contribution in [3.05, 3.63) is 59.2 Å². The smallest absolute Gasteiger partial charge is 0.420 e. The Hall–Kier alpha value is -3.60. The molecule has 0 aromatic heterocycles. The van der Waals surface area contributed by atoms with Gasteiger partial charge in [-0.15, -0.1) is 0 Å². The van der Waals surface area contributed by atoms with Crippen molar-refractivity contribution >= 4 is 23.5 Å². The molecule has 0 saturated heterocycles. The van der Waals surface area contributed by atoms with Gasteiger partial charge in [-0.2, -0.15) is 13.2 Å². The van der Waals surface area contributed by atoms with Gasteiger partial charge in [0.05, 0.1) is 18.6 Å². The van der Waals surface area contributed by atoms with Gasteiger partial charge < -0.3 is 25.8 Å². The zero-order chi connectivity index (χ0) is 30.3. The summed E-state index contributed by atoms with van der Waals surface area (Å²) in [5, 5.41) is 17.3. The first kappa shape index (κ1) is 31.3. The SMILES string of the molecule is CNC1CCC(C(Cc2ccc(C(=O)NCCC(=O)O)cc2)C(=O)Nc2ccc(OCC3CC3)c(C(F)(F)F)c2)CC1. The highest BCUT2D eigenvalue weighted by atomic mass is 19.4. The molecule has 8 nitrogen and oxygen atoms in total. The summed E-state index contributed by atoms with van der Waals surface area (Å²) in [6.45, 7) is 0.256. The molecule has 2 amide bonds. The van der Waals surface area contributed by atoms with Crippen molar-refractivity contribution < 1.29 is 37.4 Å². The van der Waals surface area contributed by atoms with E-state index in [1.807, 2.05) is 7.05 Å². The van der Waals surface area contributed by atoms with E-state index in [2.05, 4.69) is 16.0 Å². The fraction of sp³-hybridized carbons (Fsp3) is 0.516. The predicted molar refractivity (Wildman–Crippen MR) is 151 cm³/mol. The molecule has 1 unspecified atom stereocenters. The number of hydrogen-bond donors (Lipinski definition) is 4. The monoisotopic (exact) mass is 589 g/mol. The van der Waals surface area contributed by atoms with E-state index in [4.69, 9.17) is 9.84 Å². The van der Waals surface area contributed by atoms with E-state index in [0.717, 1.165) is 50.2 Å². The van der Waals surface area contributed by atoms with Crippen LogP contribution in [0.3, 0.4) is 0 Å². The van der Waals surface area contributed by atoms with Crippen LogP contribution in [0.1, 0.15) is 66.4 Å². The first-order valence-electron chi connectivity index (χ1n) is 14.4. The predicted octanol–water partition coefficient (Wildman–Crippen LogP) is 5.27. The Labute approximate surface area is 243 Å². The minimum atomic E-state index is -4.63. The van der Waals surface area contributed by atoms with E-state index in [1.54, 1.807) is 24.3 Å². The zero-order valence-electron chi connectivity index (χ0n) is 23.6. The summed E-state index contributed by atoms with van der Waals surface area (Å²) >= 11 is 0. The van der Waals surface area contributed by atoms with Crippen LogP contribution in [0.5, 0.6) is 5.75 Å². The van der Waals surface area contributed by atoms with Gasteiger partial charge in [-0.3, -0.25) is 14.4 Å². The van der Waals surface area contributed by atoms with E-state index >= 15 is 0 Å². The molecule has 0 radical (unpaired) electrons. The van der Waals surface area contributed by atoms with Gasteiger partial charge in [0.2, 0.25) is 5.91 Å². The number of nitrogens with one attached hydrogen (secondary N) is 3. The van der Waals surface area contributed by atoms with Crippen LogP contribution >= 0.6 is 0 Å². The maximum absolute atomic E-state index is 13.9. The lowest BCUT2D eigenvalue weighted by atomic mass is 9.75. The van der Waals surface area contributed by atoms with E-state index in [1.165, 1.54) is 12.1 Å². The second-order valence-electron chi connectivity index (χ2n) is 11.3. The quantitative estimate of drug-likeness (QED) is 0.253. The zero-order valence-corrected chi connectivity index (χ0v) is 23.6. The molecular formula is C31H38F3N3O5. The summed E-state index contributed by atoms with van der Waals surface area (Å²) < 4.78 is 47.0. The van der Waals surface area contributed by atoms with Crippen LogP contribution < -0.4 is 20.7 Å². The number of ether oxygens (including phenoxy) is 1. The second kappa shape index (κ2) is 14.0. The molecule has 0 spiro atoms. The highest BCUT2D eigenvalue weighted by Gasteiger charge is 2.36. The number of carbonyl (C=O) groups excluding carboxylic acids is 2. The largest absolute Gasteiger partial charge is 0.493 e. The summed E-state index contributed by atoms with van der Waals surface area (Å²) in [4.78, 5) is 36.6. The van der Waals surface area contributed by atoms with Crippen LogP contribution in [-0.4, -0.2) is 49.1 Å². The number of alkyl halides is 3. The van der Waals surface area contributed by atoms with Gasteiger partial charge >= 0.3 is 12.1 Å². The molecule has 4 N–H and O–H groups in total. The standard InChI is InChI=1S/C31H38F3N3O5/c1-35-23-10-8-21(9-11-23)25(16-19-4-6-22(7-5-19)29(40)36-15-14-28(38)39)30(41)37-24-12-13-27(42-18-20-2-3-20)26(17-24)31(32,33)34/h4-7,12-13,17,20-21,23,25,35H,2-3,8-11,14-16,18H2,1H3,(H,36,40)(H,37,41)(H,38,39). The first-order chi connectivity index (χ1) is 20.0. The normalized spacial score (nSPS) is 19.5. The third kappa shape index (κ3) is 8.95. The molecular weight excluding hydrogens is 551 g/mol. The number of hydrogen-bond acceptors (Lipinski definition) is 5. The van der Waals surface area contributed by atoms with E-state index in [0.29, 0.717) is 23.9 Å². The molecule has 4 rings (SSSR count). The van der Waals surface area contributed by atoms with Crippen LogP contribution in [0.4, 0.5) is 18.9 Å². The van der Waals surface area contributed by atoms with Gasteiger partial charge in [0.15, 0.2) is 0 Å². The minimum Gasteiger partial charge on any atom is -0.493 e. The third-order valence-electron chi connectivity index (χ3n) is 8.11. The van der Waals surface area contributed by atoms with Crippen LogP contribution in [0.25, 0.3) is 0 Å². The fourth-order valence-corrected chi connectivity index (χ4v) is 5.40. The van der Waals surface area contributed by atoms with Gasteiger partial charge in [0, 0.05) is 29.8 Å². The second-order valence-corrected chi connectivity index (χ2v) is 11.3. The van der Waals surface area contributed by atoms with Crippen molar-refractivity contribution in [2.45, 2.75) is 63.6 Å². The molecule has 0 aliphatic heterocycles. The number of carbonyl (C=O) groups is 3. The number of benzene rings is 2. The van der Waals surface area contributed by atoms with Gasteiger partial charge in [0.1, 0.15) is 5.75 Å². The molecule has 228 valence electrons. The summed E-state index contributed by atoms with van der Waals surface area (Å²) in [6, 6.07) is 10.8. The number of carboxylic acids is 1. The van der Waals surface area contributed by atoms with Crippen LogP contribution in [0.15, 0.2) is 42.5 Å². The third-order valence-corrected chi connectivity index (χ3v) is 8.11. The van der Waals surface area contributed by atoms with Gasteiger partial charge in [0.25, 0.3) is 5.91 Å². The molecule has 2 aromatic rings. The maximum atomic E-state index is 13.9. The van der Waals surface area contributed by atoms with Crippen molar-refractivity contribution in [1.82, 2.24) is 10.6 Å². The Bertz CT molecular complexity index is 1240. The number of anilines is 1. The number of halogens is 3. The number of amides is 2. The van der Waals surface area contributed by atoms with Crippen molar-refractivity contribution in [3.63, 3.8) is 0 Å². The minimum absolute atomic E-state index is 0.0110. The van der Waals surface area contributed by atoms with Crippen molar-refractivity contribution in [2.24, 2.45) is 17.8 Å². The number of carboxylic acid groups (broad SMARTS) is 1. The van der Waals surface area contributed by atoms with Gasteiger partial charge in [-0.25, -0.2) is 0 Å². The Morgan fingerprint density at radius 3 is 2.29 bits per heavy atom. The maximum Gasteiger partial charge on any atom is 0.420 e. The summed E-state index contributed by atoms with van der Waals surface area (Å²) in [5.41, 5.74) is 0.328. The molecule has 2 aliphatic carbocycles. The van der Waals surface area contributed by atoms with Crippen molar-refractivity contribution in [2.75, 3.05) is 25.5 Å². The molecule has 0 heterocycles. The molecule has 2 fully saturated rings. The van der Waals surface area contributed by atoms with E-state index < -0.39 is 29.5 Å². The summed E-state index contributed by atoms with van der Waals surface area (Å²) in [7, 11) is 1.91. The van der Waals surface area contributed by atoms with Crippen LogP contribution in [0.2, 0.25) is 0 Å². The van der Waals surface area contributed by atoms with Gasteiger partial charge in [-0.1, -0.05) is 12.1 Å². The average molecular weight is 590 g/mol. The highest BCUT2D eigenvalue weighted by molar-refractivity contribution is 5.95. The van der Waals surface area contributed by atoms with Crippen molar-refractivity contribution in [1.29, 1.82) is 0 Å². The highest BCUT2D eigenvalue weighted by Crippen LogP contribution is 2.40. The Kier molecular flexibility index (Phi) is 10.5. The Balaban J connectivity index is 1.48. The summed E-state index contributed by atoms with van der Waals surface area (Å²) in [5.74, 6) is -2.14. The summed E-state index contributed by atoms with van der Waals surface area (Å²) in [6.07, 6.45) is 0.841. The molecule has 11 heteroatoms. The van der Waals surface area contributed by atoms with Crippen LogP contribution in [0, 0.1) is 17.8 Å². The number of aliphatic carboxylic acids is 1. The molecule has 2 aromatic carbocycles. The lowest BCUT2D eigenvalue weighted by molar-refractivity contribution is -0.139. The number of rotatable bonds is 13. The molecule has 1 atom stereocenters. The molecule has 2 saturated carbocycles. The van der Waals surface area contributed by atoms with Crippen LogP contribution in [-0.2, 0) is 22.2 Å². The first-order valence-corrected chi connectivity index (χ1v) is 14.4. The molecule has 2 aliphatic rings. The van der Waals surface area contributed by atoms with Gasteiger partial charge in [-0.05, 0) is 99.7 Å². The molecule has 0 bridgehead atoms. The molecule has 42 heavy (non-hydrogen) atoms.